The number of ether oxygens (including phenoxy) is 13. The highest BCUT2D eigenvalue weighted by atomic mass is 16.7. The second-order valence-electron chi connectivity index (χ2n) is 25.1. The van der Waals surface area contributed by atoms with Gasteiger partial charge in [-0.2, -0.15) is 0 Å². The molecule has 13 heterocycles. The van der Waals surface area contributed by atoms with E-state index in [4.69, 9.17) is 61.6 Å². The van der Waals surface area contributed by atoms with Gasteiger partial charge in [0.05, 0.1) is 110 Å². The maximum absolute atomic E-state index is 12.4. The number of hydrogen-bond acceptors (Lipinski definition) is 16. The van der Waals surface area contributed by atoms with E-state index in [-0.39, 0.29) is 103 Å². The first-order valence-electron chi connectivity index (χ1n) is 29.3. The molecule has 0 bridgehead atoms. The molecular formula is C60H84O16. The van der Waals surface area contributed by atoms with Gasteiger partial charge in [0, 0.05) is 43.9 Å². The van der Waals surface area contributed by atoms with Gasteiger partial charge in [0.25, 0.3) is 0 Å². The Balaban J connectivity index is 0.686. The zero-order valence-electron chi connectivity index (χ0n) is 44.9. The van der Waals surface area contributed by atoms with Crippen LogP contribution in [0.15, 0.2) is 73.4 Å². The Labute approximate surface area is 448 Å². The van der Waals surface area contributed by atoms with Gasteiger partial charge in [0.1, 0.15) is 54.4 Å². The molecule has 0 aromatic carbocycles. The monoisotopic (exact) mass is 1060 g/mol. The average molecular weight is 1060 g/mol. The molecule has 0 aromatic heterocycles. The Morgan fingerprint density at radius 3 is 1.92 bits per heavy atom. The lowest BCUT2D eigenvalue weighted by molar-refractivity contribution is -0.339. The van der Waals surface area contributed by atoms with Crippen molar-refractivity contribution >= 4 is 0 Å². The van der Waals surface area contributed by atoms with Crippen molar-refractivity contribution in [2.24, 2.45) is 23.7 Å². The fraction of sp³-hybridized carbons (Fsp3) is 0.800. The summed E-state index contributed by atoms with van der Waals surface area (Å²) in [6.45, 7) is 15.2. The van der Waals surface area contributed by atoms with E-state index in [1.165, 1.54) is 0 Å². The summed E-state index contributed by atoms with van der Waals surface area (Å²) in [6, 6.07) is 0. The second kappa shape index (κ2) is 21.3. The normalized spacial score (nSPS) is 57.1. The lowest BCUT2D eigenvalue weighted by Gasteiger charge is -2.53. The zero-order chi connectivity index (χ0) is 52.2. The zero-order valence-corrected chi connectivity index (χ0v) is 44.9. The van der Waals surface area contributed by atoms with E-state index in [0.717, 1.165) is 25.7 Å². The van der Waals surface area contributed by atoms with Crippen LogP contribution in [0.2, 0.25) is 0 Å². The summed E-state index contributed by atoms with van der Waals surface area (Å²) < 4.78 is 89.5. The molecule has 31 atom stereocenters. The van der Waals surface area contributed by atoms with Crippen molar-refractivity contribution in [1.29, 1.82) is 0 Å². The summed E-state index contributed by atoms with van der Waals surface area (Å²) in [4.78, 5) is 0. The molecule has 16 nitrogen and oxygen atoms in total. The van der Waals surface area contributed by atoms with Crippen LogP contribution in [0.25, 0.3) is 0 Å². The Morgan fingerprint density at radius 1 is 0.500 bits per heavy atom. The summed E-state index contributed by atoms with van der Waals surface area (Å²) in [6.07, 6.45) is 18.3. The van der Waals surface area contributed by atoms with E-state index in [2.05, 4.69) is 64.7 Å². The van der Waals surface area contributed by atoms with Crippen molar-refractivity contribution in [1.82, 2.24) is 0 Å². The summed E-state index contributed by atoms with van der Waals surface area (Å²) in [5.74, 6) is -0.482. The van der Waals surface area contributed by atoms with Gasteiger partial charge < -0.3 is 76.9 Å². The quantitative estimate of drug-likeness (QED) is 0.222. The highest BCUT2D eigenvalue weighted by molar-refractivity contribution is 5.18. The Bertz CT molecular complexity index is 2230. The molecule has 0 aliphatic carbocycles. The molecule has 31 unspecified atom stereocenters. The van der Waals surface area contributed by atoms with E-state index < -0.39 is 84.6 Å². The Kier molecular flexibility index (Phi) is 14.9. The molecule has 0 aromatic rings. The maximum atomic E-state index is 12.4. The van der Waals surface area contributed by atoms with Crippen LogP contribution < -0.4 is 0 Å². The van der Waals surface area contributed by atoms with Crippen LogP contribution in [-0.2, 0) is 61.6 Å². The molecule has 13 rings (SSSR count). The number of rotatable bonds is 2. The molecule has 16 heteroatoms. The van der Waals surface area contributed by atoms with Crippen LogP contribution in [0.4, 0.5) is 0 Å². The van der Waals surface area contributed by atoms with Gasteiger partial charge in [-0.1, -0.05) is 101 Å². The molecule has 3 N–H and O–H groups in total. The van der Waals surface area contributed by atoms with Crippen LogP contribution in [0.3, 0.4) is 0 Å². The smallest absolute Gasteiger partial charge is 0.171 e. The van der Waals surface area contributed by atoms with E-state index in [1.807, 2.05) is 37.3 Å². The first-order chi connectivity index (χ1) is 36.8. The van der Waals surface area contributed by atoms with Gasteiger partial charge in [-0.15, -0.1) is 0 Å². The largest absolute Gasteiger partial charge is 0.390 e. The average Bonchev–Trinajstić information content (AvgIpc) is 3.63. The molecule has 0 saturated carbocycles. The third-order valence-corrected chi connectivity index (χ3v) is 20.3. The Hall–Kier alpha value is -2.20. The van der Waals surface area contributed by atoms with Crippen molar-refractivity contribution in [3.63, 3.8) is 0 Å². The predicted octanol–water partition coefficient (Wildman–Crippen LogP) is 5.83. The molecule has 0 radical (unpaired) electrons. The SMILES string of the molecule is C=C/C=C\C1C=CCC2OC3CC4OC5C=CC6OC7CC(O)C8(C)OC9CC(C)CC%10OC%11C(CC%10OC9CC8OC7C/C=C\CC6OC5C=CC4OC3C(O)C2O1)OC1C(C)C(C)C2(CCCO2)OC1C(O)C%11C. The van der Waals surface area contributed by atoms with Gasteiger partial charge in [-0.05, 0) is 57.3 Å². The molecular weight excluding hydrogens is 977 g/mol. The fourth-order valence-electron chi connectivity index (χ4n) is 15.8. The van der Waals surface area contributed by atoms with E-state index in [9.17, 15) is 15.3 Å². The van der Waals surface area contributed by atoms with E-state index in [1.54, 1.807) is 6.08 Å². The molecule has 9 fully saturated rings. The minimum Gasteiger partial charge on any atom is -0.390 e. The summed E-state index contributed by atoms with van der Waals surface area (Å²) >= 11 is 0. The van der Waals surface area contributed by atoms with E-state index >= 15 is 0 Å². The number of hydrogen-bond donors (Lipinski definition) is 3. The number of fused-ring (bicyclic) bond motifs is 11. The Morgan fingerprint density at radius 2 is 1.13 bits per heavy atom. The topological polar surface area (TPSA) is 181 Å². The van der Waals surface area contributed by atoms with Crippen LogP contribution in [0.1, 0.15) is 105 Å². The molecule has 76 heavy (non-hydrogen) atoms. The molecule has 420 valence electrons. The fourth-order valence-corrected chi connectivity index (χ4v) is 15.8. The third kappa shape index (κ3) is 9.58. The maximum Gasteiger partial charge on any atom is 0.171 e. The van der Waals surface area contributed by atoms with Gasteiger partial charge in [0.2, 0.25) is 0 Å². The number of aliphatic hydroxyl groups excluding tert-OH is 3. The minimum absolute atomic E-state index is 0.0983. The molecule has 0 amide bonds. The standard InChI is InChI=1S/C60H84O16/c1-7-8-13-34-14-11-17-41-56(65-34)53(63)57-49(69-41)26-43-40(72-57)21-20-38-39(67-43)19-18-37-35(66-38)15-9-10-16-36-45(68-37)28-50(61)59(6)51(71-36)29-46-47(75-59)25-30(2)24-42-44(70-46)27-48-54(73-42)32(4)52(62)58-55(74-48)31(3)33(5)60(76-58)22-12-23-64-60/h7-11,13-14,18-21,30-58,61-63H,1,12,15-17,22-29H2,2-6H3/b10-9-,13-8-. The summed E-state index contributed by atoms with van der Waals surface area (Å²) in [7, 11) is 0. The molecule has 13 aliphatic rings. The van der Waals surface area contributed by atoms with Gasteiger partial charge in [-0.25, -0.2) is 0 Å². The van der Waals surface area contributed by atoms with Gasteiger partial charge in [-0.3, -0.25) is 0 Å². The van der Waals surface area contributed by atoms with Crippen molar-refractivity contribution < 1.29 is 76.9 Å². The van der Waals surface area contributed by atoms with Gasteiger partial charge in [0.15, 0.2) is 5.79 Å². The highest BCUT2D eigenvalue weighted by Gasteiger charge is 2.62. The van der Waals surface area contributed by atoms with E-state index in [0.29, 0.717) is 51.6 Å². The summed E-state index contributed by atoms with van der Waals surface area (Å²) in [5, 5.41) is 36.2. The third-order valence-electron chi connectivity index (χ3n) is 20.3. The van der Waals surface area contributed by atoms with Crippen molar-refractivity contribution in [3.05, 3.63) is 73.4 Å². The second-order valence-corrected chi connectivity index (χ2v) is 25.1. The lowest BCUT2D eigenvalue weighted by atomic mass is 9.76. The first-order valence-corrected chi connectivity index (χ1v) is 29.3. The van der Waals surface area contributed by atoms with Crippen molar-refractivity contribution in [2.75, 3.05) is 6.61 Å². The van der Waals surface area contributed by atoms with Crippen molar-refractivity contribution in [3.8, 4) is 0 Å². The predicted molar refractivity (Wildman–Crippen MR) is 275 cm³/mol. The van der Waals surface area contributed by atoms with Crippen LogP contribution in [-0.4, -0.2) is 186 Å². The van der Waals surface area contributed by atoms with Crippen LogP contribution in [0, 0.1) is 23.7 Å². The highest BCUT2D eigenvalue weighted by Crippen LogP contribution is 2.52. The lowest BCUT2D eigenvalue weighted by Crippen LogP contribution is -2.63. The van der Waals surface area contributed by atoms with Gasteiger partial charge >= 0.3 is 0 Å². The van der Waals surface area contributed by atoms with Crippen LogP contribution >= 0.6 is 0 Å². The summed E-state index contributed by atoms with van der Waals surface area (Å²) in [5.41, 5.74) is -1.01. The first kappa shape index (κ1) is 53.1. The minimum atomic E-state index is -1.01. The van der Waals surface area contributed by atoms with Crippen molar-refractivity contribution in [2.45, 2.75) is 269 Å². The molecule has 13 aliphatic heterocycles. The van der Waals surface area contributed by atoms with Crippen LogP contribution in [0.5, 0.6) is 0 Å². The molecule has 9 saturated heterocycles. The number of allylic oxidation sites excluding steroid dienone is 2. The molecule has 1 spiro atoms. The number of aliphatic hydroxyl groups is 3.